The molecule has 1 saturated heterocycles. The van der Waals surface area contributed by atoms with Crippen LogP contribution in [0.15, 0.2) is 29.2 Å². The Morgan fingerprint density at radius 1 is 1.37 bits per heavy atom. The largest absolute Gasteiger partial charge is 0.396 e. The summed E-state index contributed by atoms with van der Waals surface area (Å²) in [5.41, 5.74) is 0.686. The average molecular weight is 284 g/mol. The molecular formula is C13H20N2O3S. The summed E-state index contributed by atoms with van der Waals surface area (Å²) in [6, 6.07) is 7.14. The highest BCUT2D eigenvalue weighted by Gasteiger charge is 2.27. The minimum Gasteiger partial charge on any atom is -0.396 e. The molecule has 5 nitrogen and oxygen atoms in total. The molecule has 0 radical (unpaired) electrons. The van der Waals surface area contributed by atoms with Gasteiger partial charge in [-0.3, -0.25) is 0 Å². The number of hydrogen-bond acceptors (Lipinski definition) is 4. The van der Waals surface area contributed by atoms with E-state index in [1.165, 1.54) is 0 Å². The molecule has 1 atom stereocenters. The van der Waals surface area contributed by atoms with Crippen molar-refractivity contribution in [1.29, 1.82) is 0 Å². The van der Waals surface area contributed by atoms with Crippen molar-refractivity contribution in [2.45, 2.75) is 36.6 Å². The third-order valence-corrected chi connectivity index (χ3v) is 4.51. The lowest BCUT2D eigenvalue weighted by Gasteiger charge is -2.28. The molecule has 1 heterocycles. The summed E-state index contributed by atoms with van der Waals surface area (Å²) in [5, 5.41) is 14.2. The zero-order valence-electron chi connectivity index (χ0n) is 10.8. The lowest BCUT2D eigenvalue weighted by Crippen LogP contribution is -2.31. The van der Waals surface area contributed by atoms with Crippen molar-refractivity contribution in [3.63, 3.8) is 0 Å². The molecule has 0 aliphatic carbocycles. The van der Waals surface area contributed by atoms with Crippen LogP contribution in [0.25, 0.3) is 0 Å². The van der Waals surface area contributed by atoms with Gasteiger partial charge in [0.25, 0.3) is 0 Å². The second-order valence-corrected chi connectivity index (χ2v) is 6.40. The van der Waals surface area contributed by atoms with Crippen molar-refractivity contribution in [2.24, 2.45) is 5.14 Å². The Balaban J connectivity index is 2.31. The Labute approximate surface area is 114 Å². The predicted octanol–water partition coefficient (Wildman–Crippen LogP) is 1.08. The molecule has 2 rings (SSSR count). The fourth-order valence-corrected chi connectivity index (χ4v) is 3.46. The van der Waals surface area contributed by atoms with Gasteiger partial charge in [-0.05, 0) is 37.8 Å². The first-order chi connectivity index (χ1) is 9.04. The summed E-state index contributed by atoms with van der Waals surface area (Å²) >= 11 is 0. The molecule has 6 heteroatoms. The second-order valence-electron chi connectivity index (χ2n) is 4.87. The van der Waals surface area contributed by atoms with Gasteiger partial charge in [0.1, 0.15) is 4.90 Å². The summed E-state index contributed by atoms with van der Waals surface area (Å²) in [7, 11) is -3.71. The Hall–Kier alpha value is -1.11. The SMILES string of the molecule is NS(=O)(=O)c1ccccc1N1CCCC1CCCO. The monoisotopic (exact) mass is 284 g/mol. The smallest absolute Gasteiger partial charge is 0.240 e. The van der Waals surface area contributed by atoms with E-state index < -0.39 is 10.0 Å². The van der Waals surface area contributed by atoms with E-state index in [1.54, 1.807) is 18.2 Å². The molecule has 1 aromatic rings. The van der Waals surface area contributed by atoms with Crippen molar-refractivity contribution in [3.8, 4) is 0 Å². The molecule has 1 aliphatic heterocycles. The van der Waals surface area contributed by atoms with Crippen LogP contribution in [0.4, 0.5) is 5.69 Å². The first kappa shape index (κ1) is 14.3. The molecule has 0 spiro atoms. The van der Waals surface area contributed by atoms with Crippen LogP contribution in [0.3, 0.4) is 0 Å². The van der Waals surface area contributed by atoms with E-state index in [0.717, 1.165) is 32.2 Å². The number of aliphatic hydroxyl groups is 1. The number of nitrogens with zero attached hydrogens (tertiary/aromatic N) is 1. The molecule has 0 saturated carbocycles. The van der Waals surface area contributed by atoms with E-state index >= 15 is 0 Å². The quantitative estimate of drug-likeness (QED) is 0.847. The Bertz CT molecular complexity index is 530. The summed E-state index contributed by atoms with van der Waals surface area (Å²) in [6.45, 7) is 1.00. The second kappa shape index (κ2) is 5.90. The van der Waals surface area contributed by atoms with Crippen molar-refractivity contribution < 1.29 is 13.5 Å². The van der Waals surface area contributed by atoms with Crippen LogP contribution in [0.2, 0.25) is 0 Å². The van der Waals surface area contributed by atoms with E-state index in [2.05, 4.69) is 4.90 Å². The van der Waals surface area contributed by atoms with Gasteiger partial charge in [-0.15, -0.1) is 0 Å². The van der Waals surface area contributed by atoms with E-state index in [-0.39, 0.29) is 17.5 Å². The Kier molecular flexibility index (Phi) is 4.44. The van der Waals surface area contributed by atoms with Gasteiger partial charge in [-0.2, -0.15) is 0 Å². The number of benzene rings is 1. The standard InChI is InChI=1S/C13H20N2O3S/c14-19(17,18)13-8-2-1-7-12(13)15-9-3-5-11(15)6-4-10-16/h1-2,7-8,11,16H,3-6,9-10H2,(H2,14,17,18). The van der Waals surface area contributed by atoms with Crippen molar-refractivity contribution in [3.05, 3.63) is 24.3 Å². The average Bonchev–Trinajstić information content (AvgIpc) is 2.83. The van der Waals surface area contributed by atoms with Crippen LogP contribution in [0.1, 0.15) is 25.7 Å². The van der Waals surface area contributed by atoms with Crippen LogP contribution < -0.4 is 10.0 Å². The molecule has 3 N–H and O–H groups in total. The number of rotatable bonds is 5. The zero-order chi connectivity index (χ0) is 13.9. The third kappa shape index (κ3) is 3.26. The maximum Gasteiger partial charge on any atom is 0.240 e. The van der Waals surface area contributed by atoms with Crippen LogP contribution in [-0.2, 0) is 10.0 Å². The van der Waals surface area contributed by atoms with Gasteiger partial charge < -0.3 is 10.0 Å². The Morgan fingerprint density at radius 3 is 2.79 bits per heavy atom. The molecule has 19 heavy (non-hydrogen) atoms. The van der Waals surface area contributed by atoms with Crippen LogP contribution in [0.5, 0.6) is 0 Å². The van der Waals surface area contributed by atoms with E-state index in [4.69, 9.17) is 10.2 Å². The normalized spacial score (nSPS) is 19.9. The van der Waals surface area contributed by atoms with E-state index in [0.29, 0.717) is 5.69 Å². The maximum atomic E-state index is 11.6. The minimum absolute atomic E-state index is 0.168. The fraction of sp³-hybridized carbons (Fsp3) is 0.538. The molecule has 0 bridgehead atoms. The minimum atomic E-state index is -3.71. The predicted molar refractivity (Wildman–Crippen MR) is 74.5 cm³/mol. The van der Waals surface area contributed by atoms with Crippen LogP contribution >= 0.6 is 0 Å². The van der Waals surface area contributed by atoms with Crippen LogP contribution in [0, 0.1) is 0 Å². The summed E-state index contributed by atoms with van der Waals surface area (Å²) in [6.07, 6.45) is 3.67. The highest BCUT2D eigenvalue weighted by molar-refractivity contribution is 7.89. The molecular weight excluding hydrogens is 264 g/mol. The molecule has 1 fully saturated rings. The number of aliphatic hydroxyl groups excluding tert-OH is 1. The number of primary sulfonamides is 1. The lowest BCUT2D eigenvalue weighted by atomic mass is 10.1. The number of nitrogens with two attached hydrogens (primary N) is 1. The lowest BCUT2D eigenvalue weighted by molar-refractivity contribution is 0.279. The summed E-state index contributed by atoms with van der Waals surface area (Å²) < 4.78 is 23.3. The topological polar surface area (TPSA) is 83.6 Å². The molecule has 1 unspecified atom stereocenters. The molecule has 1 aromatic carbocycles. The van der Waals surface area contributed by atoms with Gasteiger partial charge in [0, 0.05) is 19.2 Å². The van der Waals surface area contributed by atoms with Gasteiger partial charge >= 0.3 is 0 Å². The van der Waals surface area contributed by atoms with Gasteiger partial charge in [0.15, 0.2) is 0 Å². The van der Waals surface area contributed by atoms with E-state index in [1.807, 2.05) is 6.07 Å². The maximum absolute atomic E-state index is 11.6. The number of para-hydroxylation sites is 1. The zero-order valence-corrected chi connectivity index (χ0v) is 11.6. The highest BCUT2D eigenvalue weighted by Crippen LogP contribution is 2.32. The summed E-state index contributed by atoms with van der Waals surface area (Å²) in [4.78, 5) is 2.29. The number of anilines is 1. The number of hydrogen-bond donors (Lipinski definition) is 2. The molecule has 106 valence electrons. The van der Waals surface area contributed by atoms with Gasteiger partial charge in [-0.25, -0.2) is 13.6 Å². The van der Waals surface area contributed by atoms with Crippen molar-refractivity contribution in [1.82, 2.24) is 0 Å². The van der Waals surface area contributed by atoms with E-state index in [9.17, 15) is 8.42 Å². The van der Waals surface area contributed by atoms with Gasteiger partial charge in [-0.1, -0.05) is 12.1 Å². The molecule has 0 aromatic heterocycles. The van der Waals surface area contributed by atoms with Gasteiger partial charge in [0.2, 0.25) is 10.0 Å². The van der Waals surface area contributed by atoms with Crippen LogP contribution in [-0.4, -0.2) is 32.7 Å². The Morgan fingerprint density at radius 2 is 2.11 bits per heavy atom. The van der Waals surface area contributed by atoms with Crippen molar-refractivity contribution >= 4 is 15.7 Å². The number of sulfonamides is 1. The first-order valence-corrected chi connectivity index (χ1v) is 8.08. The third-order valence-electron chi connectivity index (χ3n) is 3.55. The summed E-state index contributed by atoms with van der Waals surface area (Å²) in [5.74, 6) is 0. The first-order valence-electron chi connectivity index (χ1n) is 6.53. The van der Waals surface area contributed by atoms with Gasteiger partial charge in [0.05, 0.1) is 5.69 Å². The fourth-order valence-electron chi connectivity index (χ4n) is 2.71. The molecule has 1 aliphatic rings. The highest BCUT2D eigenvalue weighted by atomic mass is 32.2. The van der Waals surface area contributed by atoms with Crippen molar-refractivity contribution in [2.75, 3.05) is 18.1 Å². The molecule has 0 amide bonds.